The van der Waals surface area contributed by atoms with Crippen molar-refractivity contribution < 1.29 is 19.4 Å². The molecule has 0 spiro atoms. The van der Waals surface area contributed by atoms with Gasteiger partial charge in [-0.1, -0.05) is 6.07 Å². The van der Waals surface area contributed by atoms with Crippen LogP contribution in [0.15, 0.2) is 42.6 Å². The van der Waals surface area contributed by atoms with E-state index < -0.39 is 5.97 Å². The number of pyridine rings is 1. The van der Waals surface area contributed by atoms with E-state index in [2.05, 4.69) is 4.98 Å². The summed E-state index contributed by atoms with van der Waals surface area (Å²) in [5, 5.41) is 8.91. The third kappa shape index (κ3) is 3.25. The molecule has 1 aromatic heterocycles. The zero-order valence-electron chi connectivity index (χ0n) is 12.7. The summed E-state index contributed by atoms with van der Waals surface area (Å²) >= 11 is 0. The molecule has 0 unspecified atom stereocenters. The molecule has 0 fully saturated rings. The Hall–Kier alpha value is -2.82. The zero-order chi connectivity index (χ0) is 16.1. The van der Waals surface area contributed by atoms with Gasteiger partial charge >= 0.3 is 5.97 Å². The molecule has 114 valence electrons. The van der Waals surface area contributed by atoms with Gasteiger partial charge in [0.15, 0.2) is 11.5 Å². The van der Waals surface area contributed by atoms with Crippen LogP contribution in [0.3, 0.4) is 0 Å². The Morgan fingerprint density at radius 2 is 2.00 bits per heavy atom. The number of carboxylic acids is 1. The van der Waals surface area contributed by atoms with Gasteiger partial charge in [0.05, 0.1) is 19.9 Å². The summed E-state index contributed by atoms with van der Waals surface area (Å²) in [5.41, 5.74) is 2.82. The summed E-state index contributed by atoms with van der Waals surface area (Å²) in [5.74, 6) is 0.0959. The highest BCUT2D eigenvalue weighted by Crippen LogP contribution is 2.39. The smallest absolute Gasteiger partial charge is 0.328 e. The van der Waals surface area contributed by atoms with E-state index in [1.54, 1.807) is 33.4 Å². The van der Waals surface area contributed by atoms with Crippen LogP contribution >= 0.6 is 0 Å². The highest BCUT2D eigenvalue weighted by Gasteiger charge is 2.15. The number of hydrogen-bond donors (Lipinski definition) is 1. The molecule has 2 rings (SSSR count). The van der Waals surface area contributed by atoms with Gasteiger partial charge in [-0.25, -0.2) is 4.79 Å². The van der Waals surface area contributed by atoms with Crippen LogP contribution < -0.4 is 9.47 Å². The van der Waals surface area contributed by atoms with Gasteiger partial charge < -0.3 is 14.6 Å². The molecule has 0 aliphatic carbocycles. The van der Waals surface area contributed by atoms with Crippen LogP contribution in [-0.2, 0) is 4.79 Å². The predicted molar refractivity (Wildman–Crippen MR) is 84.1 cm³/mol. The van der Waals surface area contributed by atoms with Gasteiger partial charge in [0, 0.05) is 17.8 Å². The number of allylic oxidation sites excluding steroid dienone is 1. The van der Waals surface area contributed by atoms with Gasteiger partial charge in [-0.15, -0.1) is 0 Å². The molecule has 1 N–H and O–H groups in total. The molecule has 0 atom stereocenters. The maximum Gasteiger partial charge on any atom is 0.328 e. The van der Waals surface area contributed by atoms with Crippen molar-refractivity contribution in [2.24, 2.45) is 0 Å². The maximum absolute atomic E-state index is 10.9. The summed E-state index contributed by atoms with van der Waals surface area (Å²) in [6.07, 6.45) is 2.84. The third-order valence-corrected chi connectivity index (χ3v) is 3.22. The molecule has 0 saturated carbocycles. The van der Waals surface area contributed by atoms with E-state index in [1.807, 2.05) is 24.3 Å². The molecule has 5 heteroatoms. The first kappa shape index (κ1) is 15.6. The van der Waals surface area contributed by atoms with Gasteiger partial charge in [0.2, 0.25) is 0 Å². The minimum Gasteiger partial charge on any atom is -0.493 e. The van der Waals surface area contributed by atoms with Crippen LogP contribution in [0.5, 0.6) is 11.5 Å². The number of ether oxygens (including phenoxy) is 2. The first-order valence-corrected chi connectivity index (χ1v) is 6.66. The summed E-state index contributed by atoms with van der Waals surface area (Å²) in [7, 11) is 3.10. The Morgan fingerprint density at radius 1 is 1.23 bits per heavy atom. The molecule has 22 heavy (non-hydrogen) atoms. The van der Waals surface area contributed by atoms with Crippen molar-refractivity contribution in [3.05, 3.63) is 48.2 Å². The molecular formula is C17H17NO4. The number of methoxy groups -OCH3 is 2. The quantitative estimate of drug-likeness (QED) is 0.858. The molecule has 1 aromatic carbocycles. The van der Waals surface area contributed by atoms with Crippen molar-refractivity contribution >= 4 is 11.5 Å². The monoisotopic (exact) mass is 299 g/mol. The van der Waals surface area contributed by atoms with Crippen molar-refractivity contribution in [2.45, 2.75) is 6.92 Å². The fraction of sp³-hybridized carbons (Fsp3) is 0.176. The minimum absolute atomic E-state index is 0.527. The van der Waals surface area contributed by atoms with Crippen LogP contribution in [-0.4, -0.2) is 30.3 Å². The average Bonchev–Trinajstić information content (AvgIpc) is 2.53. The van der Waals surface area contributed by atoms with Gasteiger partial charge in [-0.2, -0.15) is 0 Å². The highest BCUT2D eigenvalue weighted by molar-refractivity contribution is 5.90. The number of benzene rings is 1. The van der Waals surface area contributed by atoms with Crippen LogP contribution in [0, 0.1) is 0 Å². The van der Waals surface area contributed by atoms with Gasteiger partial charge in [-0.3, -0.25) is 4.98 Å². The molecule has 0 aliphatic rings. The number of rotatable bonds is 5. The Balaban J connectivity index is 2.68. The normalized spacial score (nSPS) is 11.1. The van der Waals surface area contributed by atoms with Crippen molar-refractivity contribution in [3.8, 4) is 22.8 Å². The number of carbonyl (C=O) groups is 1. The molecular weight excluding hydrogens is 282 g/mol. The lowest BCUT2D eigenvalue weighted by molar-refractivity contribution is -0.131. The molecule has 0 aliphatic heterocycles. The van der Waals surface area contributed by atoms with E-state index in [9.17, 15) is 4.79 Å². The summed E-state index contributed by atoms with van der Waals surface area (Å²) in [6, 6.07) is 9.16. The lowest BCUT2D eigenvalue weighted by Gasteiger charge is -2.15. The van der Waals surface area contributed by atoms with E-state index in [0.29, 0.717) is 17.1 Å². The second-order valence-electron chi connectivity index (χ2n) is 4.64. The van der Waals surface area contributed by atoms with E-state index in [0.717, 1.165) is 22.9 Å². The number of aromatic nitrogens is 1. The second kappa shape index (κ2) is 6.76. The largest absolute Gasteiger partial charge is 0.493 e. The summed E-state index contributed by atoms with van der Waals surface area (Å²) in [6.45, 7) is 1.73. The minimum atomic E-state index is -0.994. The van der Waals surface area contributed by atoms with Crippen LogP contribution in [0.1, 0.15) is 12.5 Å². The van der Waals surface area contributed by atoms with Crippen LogP contribution in [0.25, 0.3) is 16.8 Å². The SMILES string of the molecule is COc1cc(/C(C)=C/C(=O)O)cc(-c2ccccn2)c1OC. The first-order chi connectivity index (χ1) is 10.6. The summed E-state index contributed by atoms with van der Waals surface area (Å²) in [4.78, 5) is 15.2. The third-order valence-electron chi connectivity index (χ3n) is 3.22. The molecule has 0 radical (unpaired) electrons. The fourth-order valence-electron chi connectivity index (χ4n) is 2.17. The number of carboxylic acid groups (broad SMARTS) is 1. The standard InChI is InChI=1S/C17H17NO4/c1-11(8-16(19)20)12-9-13(14-6-4-5-7-18-14)17(22-3)15(10-12)21-2/h4-10H,1-3H3,(H,19,20)/b11-8+. The van der Waals surface area contributed by atoms with Crippen LogP contribution in [0.4, 0.5) is 0 Å². The maximum atomic E-state index is 10.9. The first-order valence-electron chi connectivity index (χ1n) is 6.66. The average molecular weight is 299 g/mol. The predicted octanol–water partition coefficient (Wildman–Crippen LogP) is 3.25. The Bertz CT molecular complexity index is 708. The zero-order valence-corrected chi connectivity index (χ0v) is 12.7. The highest BCUT2D eigenvalue weighted by atomic mass is 16.5. The van der Waals surface area contributed by atoms with E-state index in [-0.39, 0.29) is 0 Å². The lowest BCUT2D eigenvalue weighted by Crippen LogP contribution is -1.97. The molecule has 0 saturated heterocycles. The van der Waals surface area contributed by atoms with E-state index >= 15 is 0 Å². The number of hydrogen-bond acceptors (Lipinski definition) is 4. The molecule has 2 aromatic rings. The van der Waals surface area contributed by atoms with Crippen molar-refractivity contribution in [1.82, 2.24) is 4.98 Å². The second-order valence-corrected chi connectivity index (χ2v) is 4.64. The lowest BCUT2D eigenvalue weighted by atomic mass is 10.00. The molecule has 0 amide bonds. The van der Waals surface area contributed by atoms with Crippen molar-refractivity contribution in [2.75, 3.05) is 14.2 Å². The molecule has 0 bridgehead atoms. The van der Waals surface area contributed by atoms with Crippen LogP contribution in [0.2, 0.25) is 0 Å². The topological polar surface area (TPSA) is 68.7 Å². The van der Waals surface area contributed by atoms with Crippen molar-refractivity contribution in [1.29, 1.82) is 0 Å². The Kier molecular flexibility index (Phi) is 4.78. The summed E-state index contributed by atoms with van der Waals surface area (Å²) < 4.78 is 10.8. The fourth-order valence-corrected chi connectivity index (χ4v) is 2.17. The Morgan fingerprint density at radius 3 is 2.55 bits per heavy atom. The molecule has 5 nitrogen and oxygen atoms in total. The number of nitrogens with zero attached hydrogens (tertiary/aromatic N) is 1. The van der Waals surface area contributed by atoms with E-state index in [4.69, 9.17) is 14.6 Å². The van der Waals surface area contributed by atoms with Gasteiger partial charge in [0.25, 0.3) is 0 Å². The van der Waals surface area contributed by atoms with Crippen molar-refractivity contribution in [3.63, 3.8) is 0 Å². The molecule has 1 heterocycles. The Labute approximate surface area is 128 Å². The van der Waals surface area contributed by atoms with Gasteiger partial charge in [-0.05, 0) is 42.3 Å². The van der Waals surface area contributed by atoms with Gasteiger partial charge in [0.1, 0.15) is 0 Å². The van der Waals surface area contributed by atoms with E-state index in [1.165, 1.54) is 0 Å². The number of aliphatic carboxylic acids is 1.